The quantitative estimate of drug-likeness (QED) is 0.333. The van der Waals surface area contributed by atoms with Crippen molar-refractivity contribution in [2.75, 3.05) is 44.2 Å². The molecule has 1 saturated heterocycles. The van der Waals surface area contributed by atoms with Crippen LogP contribution >= 0.6 is 11.6 Å². The average Bonchev–Trinajstić information content (AvgIpc) is 2.72. The Bertz CT molecular complexity index is 510. The van der Waals surface area contributed by atoms with Crippen molar-refractivity contribution < 1.29 is 10.3 Å². The second-order valence-corrected chi connectivity index (χ2v) is 5.46. The highest BCUT2D eigenvalue weighted by molar-refractivity contribution is 6.33. The van der Waals surface area contributed by atoms with Gasteiger partial charge in [-0.2, -0.15) is 0 Å². The molecule has 7 heteroatoms. The number of hydrogen-bond donors (Lipinski definition) is 3. The second kappa shape index (κ2) is 7.49. The number of nitrogens with zero attached hydrogens (tertiary/aromatic N) is 3. The van der Waals surface area contributed by atoms with E-state index in [1.807, 2.05) is 6.07 Å². The van der Waals surface area contributed by atoms with Gasteiger partial charge in [-0.25, -0.2) is 0 Å². The van der Waals surface area contributed by atoms with Crippen LogP contribution in [0.2, 0.25) is 5.02 Å². The van der Waals surface area contributed by atoms with Crippen molar-refractivity contribution in [3.05, 3.63) is 28.8 Å². The van der Waals surface area contributed by atoms with E-state index < -0.39 is 0 Å². The van der Waals surface area contributed by atoms with E-state index in [-0.39, 0.29) is 12.4 Å². The van der Waals surface area contributed by atoms with Gasteiger partial charge in [0, 0.05) is 31.7 Å². The third-order valence-electron chi connectivity index (χ3n) is 3.70. The van der Waals surface area contributed by atoms with Crippen LogP contribution in [0, 0.1) is 0 Å². The molecule has 0 amide bonds. The molecule has 0 radical (unpaired) electrons. The number of β-amino-alcohol motifs (C(OH)–C–C–N with tert-alkyl or cyclic N) is 1. The van der Waals surface area contributed by atoms with E-state index in [0.717, 1.165) is 38.3 Å². The molecule has 0 aromatic heterocycles. The average molecular weight is 313 g/mol. The lowest BCUT2D eigenvalue weighted by Crippen LogP contribution is -2.32. The first-order valence-corrected chi connectivity index (χ1v) is 7.39. The molecule has 0 unspecified atom stereocenters. The van der Waals surface area contributed by atoms with Gasteiger partial charge in [-0.15, -0.1) is 0 Å². The molecule has 0 spiro atoms. The monoisotopic (exact) mass is 312 g/mol. The number of aliphatic hydroxyl groups excluding tert-OH is 1. The minimum absolute atomic E-state index is 0.0495. The number of benzene rings is 1. The Kier molecular flexibility index (Phi) is 5.67. The van der Waals surface area contributed by atoms with Gasteiger partial charge in [-0.3, -0.25) is 4.90 Å². The zero-order valence-electron chi connectivity index (χ0n) is 11.9. The van der Waals surface area contributed by atoms with Gasteiger partial charge in [-0.05, 0) is 31.2 Å². The van der Waals surface area contributed by atoms with Crippen molar-refractivity contribution >= 4 is 23.1 Å². The topological polar surface area (TPSA) is 85.3 Å². The first-order valence-electron chi connectivity index (χ1n) is 7.01. The second-order valence-electron chi connectivity index (χ2n) is 5.06. The molecule has 4 N–H and O–H groups in total. The molecule has 1 heterocycles. The Balaban J connectivity index is 2.11. The van der Waals surface area contributed by atoms with Gasteiger partial charge in [0.15, 0.2) is 5.84 Å². The molecular weight excluding hydrogens is 292 g/mol. The molecule has 2 rings (SSSR count). The fourth-order valence-corrected chi connectivity index (χ4v) is 2.86. The van der Waals surface area contributed by atoms with Crippen LogP contribution in [0.4, 0.5) is 5.69 Å². The summed E-state index contributed by atoms with van der Waals surface area (Å²) >= 11 is 6.33. The van der Waals surface area contributed by atoms with Crippen molar-refractivity contribution in [3.8, 4) is 0 Å². The smallest absolute Gasteiger partial charge is 0.170 e. The summed E-state index contributed by atoms with van der Waals surface area (Å²) in [5.41, 5.74) is 7.12. The maximum atomic E-state index is 9.02. The molecule has 6 nitrogen and oxygen atoms in total. The van der Waals surface area contributed by atoms with Crippen LogP contribution < -0.4 is 10.6 Å². The van der Waals surface area contributed by atoms with Gasteiger partial charge in [0.25, 0.3) is 0 Å². The number of nitrogens with two attached hydrogens (primary N) is 1. The van der Waals surface area contributed by atoms with E-state index in [1.165, 1.54) is 0 Å². The molecule has 116 valence electrons. The van der Waals surface area contributed by atoms with Gasteiger partial charge in [-0.1, -0.05) is 16.8 Å². The Morgan fingerprint density at radius 3 is 2.76 bits per heavy atom. The highest BCUT2D eigenvalue weighted by Crippen LogP contribution is 2.27. The summed E-state index contributed by atoms with van der Waals surface area (Å²) in [7, 11) is 0. The molecule has 0 bridgehead atoms. The Labute approximate surface area is 129 Å². The highest BCUT2D eigenvalue weighted by Gasteiger charge is 2.17. The molecular formula is C14H21ClN4O2. The van der Waals surface area contributed by atoms with Crippen molar-refractivity contribution in [2.45, 2.75) is 6.42 Å². The number of anilines is 1. The largest absolute Gasteiger partial charge is 0.409 e. The third kappa shape index (κ3) is 4.00. The van der Waals surface area contributed by atoms with Crippen molar-refractivity contribution in [2.24, 2.45) is 10.9 Å². The summed E-state index contributed by atoms with van der Waals surface area (Å²) in [4.78, 5) is 4.48. The number of hydrogen-bond acceptors (Lipinski definition) is 5. The standard InChI is InChI=1S/C14H21ClN4O2/c15-12-10-11(14(16)17-21)2-3-13(12)19-5-1-4-18(6-7-19)8-9-20/h2-3,10,20-21H,1,4-9H2,(H2,16,17). The number of oxime groups is 1. The lowest BCUT2D eigenvalue weighted by Gasteiger charge is -2.24. The van der Waals surface area contributed by atoms with E-state index in [0.29, 0.717) is 17.1 Å². The Hall–Kier alpha value is -1.50. The zero-order valence-corrected chi connectivity index (χ0v) is 12.6. The first kappa shape index (κ1) is 15.9. The van der Waals surface area contributed by atoms with E-state index >= 15 is 0 Å². The summed E-state index contributed by atoms with van der Waals surface area (Å²) in [6.07, 6.45) is 1.03. The number of amidine groups is 1. The summed E-state index contributed by atoms with van der Waals surface area (Å²) in [6.45, 7) is 4.57. The van der Waals surface area contributed by atoms with E-state index in [9.17, 15) is 0 Å². The van der Waals surface area contributed by atoms with Gasteiger partial charge in [0.05, 0.1) is 17.3 Å². The Morgan fingerprint density at radius 2 is 2.10 bits per heavy atom. The number of halogens is 1. The summed E-state index contributed by atoms with van der Waals surface area (Å²) in [6, 6.07) is 5.41. The normalized spacial score (nSPS) is 17.8. The molecule has 21 heavy (non-hydrogen) atoms. The van der Waals surface area contributed by atoms with E-state index in [4.69, 9.17) is 27.6 Å². The minimum Gasteiger partial charge on any atom is -0.409 e. The van der Waals surface area contributed by atoms with Gasteiger partial charge >= 0.3 is 0 Å². The summed E-state index contributed by atoms with van der Waals surface area (Å²) in [5, 5.41) is 21.3. The number of aliphatic hydroxyl groups is 1. The maximum absolute atomic E-state index is 9.02. The highest BCUT2D eigenvalue weighted by atomic mass is 35.5. The van der Waals surface area contributed by atoms with Crippen molar-refractivity contribution in [3.63, 3.8) is 0 Å². The molecule has 1 aromatic rings. The van der Waals surface area contributed by atoms with Crippen LogP contribution in [0.1, 0.15) is 12.0 Å². The first-order chi connectivity index (χ1) is 10.2. The van der Waals surface area contributed by atoms with Crippen LogP contribution in [-0.2, 0) is 0 Å². The predicted octanol–water partition coefficient (Wildman–Crippen LogP) is 0.939. The van der Waals surface area contributed by atoms with Gasteiger partial charge in [0.2, 0.25) is 0 Å². The van der Waals surface area contributed by atoms with Gasteiger partial charge in [0.1, 0.15) is 0 Å². The lowest BCUT2D eigenvalue weighted by molar-refractivity contribution is 0.204. The van der Waals surface area contributed by atoms with Crippen LogP contribution in [0.3, 0.4) is 0 Å². The fraction of sp³-hybridized carbons (Fsp3) is 0.500. The molecule has 1 aliphatic rings. The van der Waals surface area contributed by atoms with Crippen LogP contribution in [0.25, 0.3) is 0 Å². The van der Waals surface area contributed by atoms with Crippen molar-refractivity contribution in [1.29, 1.82) is 0 Å². The number of rotatable bonds is 4. The fourth-order valence-electron chi connectivity index (χ4n) is 2.56. The SMILES string of the molecule is N/C(=N/O)c1ccc(N2CCCN(CCO)CC2)c(Cl)c1. The summed E-state index contributed by atoms with van der Waals surface area (Å²) in [5.74, 6) is 0.0495. The molecule has 1 aliphatic heterocycles. The van der Waals surface area contributed by atoms with Crippen LogP contribution in [-0.4, -0.2) is 60.4 Å². The van der Waals surface area contributed by atoms with Crippen LogP contribution in [0.15, 0.2) is 23.4 Å². The molecule has 0 aliphatic carbocycles. The predicted molar refractivity (Wildman–Crippen MR) is 84.3 cm³/mol. The van der Waals surface area contributed by atoms with E-state index in [1.54, 1.807) is 12.1 Å². The molecule has 1 fully saturated rings. The van der Waals surface area contributed by atoms with Gasteiger partial charge < -0.3 is 20.9 Å². The lowest BCUT2D eigenvalue weighted by atomic mass is 10.1. The molecule has 0 atom stereocenters. The molecule has 0 saturated carbocycles. The Morgan fingerprint density at radius 1 is 1.29 bits per heavy atom. The zero-order chi connectivity index (χ0) is 15.2. The third-order valence-corrected chi connectivity index (χ3v) is 4.00. The summed E-state index contributed by atoms with van der Waals surface area (Å²) < 4.78 is 0. The molecule has 1 aromatic carbocycles. The van der Waals surface area contributed by atoms with Crippen molar-refractivity contribution in [1.82, 2.24) is 4.90 Å². The maximum Gasteiger partial charge on any atom is 0.170 e. The van der Waals surface area contributed by atoms with Crippen LogP contribution in [0.5, 0.6) is 0 Å². The van der Waals surface area contributed by atoms with E-state index in [2.05, 4.69) is 15.0 Å². The minimum atomic E-state index is 0.0495.